The maximum absolute atomic E-state index is 11.0. The Balaban J connectivity index is 2.11. The van der Waals surface area contributed by atoms with Gasteiger partial charge in [-0.3, -0.25) is 0 Å². The molecule has 0 aliphatic carbocycles. The molecule has 0 aliphatic rings. The maximum Gasteiger partial charge on any atom is 0.337 e. The highest BCUT2D eigenvalue weighted by Crippen LogP contribution is 2.30. The van der Waals surface area contributed by atoms with Crippen molar-refractivity contribution >= 4 is 23.3 Å². The van der Waals surface area contributed by atoms with Gasteiger partial charge >= 0.3 is 5.97 Å². The van der Waals surface area contributed by atoms with Gasteiger partial charge in [-0.1, -0.05) is 17.7 Å². The Kier molecular flexibility index (Phi) is 6.53. The van der Waals surface area contributed by atoms with Crippen LogP contribution in [0.5, 0.6) is 11.5 Å². The van der Waals surface area contributed by atoms with E-state index in [1.54, 1.807) is 12.1 Å². The lowest BCUT2D eigenvalue weighted by Gasteiger charge is -2.16. The van der Waals surface area contributed by atoms with Crippen molar-refractivity contribution in [2.24, 2.45) is 0 Å². The third-order valence-electron chi connectivity index (χ3n) is 3.37. The largest absolute Gasteiger partial charge is 0.490 e. The summed E-state index contributed by atoms with van der Waals surface area (Å²) in [6.45, 7) is 6.96. The first-order chi connectivity index (χ1) is 11.9. The summed E-state index contributed by atoms with van der Waals surface area (Å²) in [5, 5.41) is 12.4. The number of nitrogens with one attached hydrogen (secondary N) is 1. The van der Waals surface area contributed by atoms with Crippen molar-refractivity contribution in [1.29, 1.82) is 0 Å². The van der Waals surface area contributed by atoms with Gasteiger partial charge in [0.05, 0.1) is 23.3 Å². The van der Waals surface area contributed by atoms with Crippen molar-refractivity contribution in [2.75, 3.05) is 11.9 Å². The van der Waals surface area contributed by atoms with Gasteiger partial charge in [0.2, 0.25) is 0 Å². The van der Waals surface area contributed by atoms with E-state index in [-0.39, 0.29) is 16.7 Å². The van der Waals surface area contributed by atoms with Gasteiger partial charge in [0.15, 0.2) is 11.5 Å². The molecule has 0 bridgehead atoms. The first-order valence-electron chi connectivity index (χ1n) is 8.09. The summed E-state index contributed by atoms with van der Waals surface area (Å²) >= 11 is 5.98. The second kappa shape index (κ2) is 8.62. The van der Waals surface area contributed by atoms with E-state index < -0.39 is 5.97 Å². The van der Waals surface area contributed by atoms with Crippen molar-refractivity contribution in [2.45, 2.75) is 33.4 Å². The standard InChI is InChI=1S/C19H22ClNO4/c1-4-24-18-9-13(5-8-17(18)25-12(2)3)11-21-14-6-7-15(19(22)23)16(20)10-14/h5-10,12,21H,4,11H2,1-3H3,(H,22,23). The summed E-state index contributed by atoms with van der Waals surface area (Å²) in [6, 6.07) is 10.6. The second-order valence-electron chi connectivity index (χ2n) is 5.73. The summed E-state index contributed by atoms with van der Waals surface area (Å²) < 4.78 is 11.4. The number of aromatic carboxylic acids is 1. The molecule has 2 aromatic rings. The van der Waals surface area contributed by atoms with Crippen LogP contribution in [-0.2, 0) is 6.54 Å². The van der Waals surface area contributed by atoms with E-state index in [1.807, 2.05) is 39.0 Å². The van der Waals surface area contributed by atoms with Crippen LogP contribution in [0, 0.1) is 0 Å². The fraction of sp³-hybridized carbons (Fsp3) is 0.316. The molecule has 0 unspecified atom stereocenters. The van der Waals surface area contributed by atoms with Crippen LogP contribution in [0.25, 0.3) is 0 Å². The second-order valence-corrected chi connectivity index (χ2v) is 6.14. The molecule has 6 heteroatoms. The van der Waals surface area contributed by atoms with Crippen LogP contribution in [0.4, 0.5) is 5.69 Å². The number of benzene rings is 2. The monoisotopic (exact) mass is 363 g/mol. The number of ether oxygens (including phenoxy) is 2. The highest BCUT2D eigenvalue weighted by atomic mass is 35.5. The van der Waals surface area contributed by atoms with Gasteiger partial charge in [0.1, 0.15) is 0 Å². The molecule has 25 heavy (non-hydrogen) atoms. The third-order valence-corrected chi connectivity index (χ3v) is 3.68. The van der Waals surface area contributed by atoms with E-state index in [1.165, 1.54) is 6.07 Å². The normalized spacial score (nSPS) is 10.6. The molecular weight excluding hydrogens is 342 g/mol. The summed E-state index contributed by atoms with van der Waals surface area (Å²) in [7, 11) is 0. The van der Waals surface area contributed by atoms with Crippen molar-refractivity contribution in [3.05, 3.63) is 52.5 Å². The molecule has 0 saturated carbocycles. The summed E-state index contributed by atoms with van der Waals surface area (Å²) in [4.78, 5) is 11.0. The Hall–Kier alpha value is -2.40. The van der Waals surface area contributed by atoms with Crippen LogP contribution in [0.1, 0.15) is 36.7 Å². The van der Waals surface area contributed by atoms with Crippen LogP contribution in [0.15, 0.2) is 36.4 Å². The average Bonchev–Trinajstić information content (AvgIpc) is 2.54. The van der Waals surface area contributed by atoms with E-state index in [0.29, 0.717) is 18.9 Å². The van der Waals surface area contributed by atoms with Crippen molar-refractivity contribution < 1.29 is 19.4 Å². The van der Waals surface area contributed by atoms with Crippen LogP contribution < -0.4 is 14.8 Å². The number of hydrogen-bond donors (Lipinski definition) is 2. The molecule has 5 nitrogen and oxygen atoms in total. The molecule has 2 aromatic carbocycles. The lowest BCUT2D eigenvalue weighted by Crippen LogP contribution is -2.08. The molecule has 2 rings (SSSR count). The number of rotatable bonds is 8. The molecule has 0 fully saturated rings. The Bertz CT molecular complexity index is 746. The van der Waals surface area contributed by atoms with Crippen molar-refractivity contribution in [1.82, 2.24) is 0 Å². The highest BCUT2D eigenvalue weighted by molar-refractivity contribution is 6.33. The van der Waals surface area contributed by atoms with Gasteiger partial charge in [0, 0.05) is 12.2 Å². The van der Waals surface area contributed by atoms with Gasteiger partial charge < -0.3 is 19.9 Å². The minimum atomic E-state index is -1.04. The summed E-state index contributed by atoms with van der Waals surface area (Å²) in [6.07, 6.45) is 0.0677. The van der Waals surface area contributed by atoms with E-state index in [2.05, 4.69) is 5.32 Å². The fourth-order valence-electron chi connectivity index (χ4n) is 2.28. The van der Waals surface area contributed by atoms with Gasteiger partial charge in [-0.15, -0.1) is 0 Å². The number of hydrogen-bond acceptors (Lipinski definition) is 4. The summed E-state index contributed by atoms with van der Waals surface area (Å²) in [5.74, 6) is 0.378. The quantitative estimate of drug-likeness (QED) is 0.702. The first kappa shape index (κ1) is 18.9. The van der Waals surface area contributed by atoms with E-state index >= 15 is 0 Å². The van der Waals surface area contributed by atoms with Crippen LogP contribution in [-0.4, -0.2) is 23.8 Å². The van der Waals surface area contributed by atoms with Crippen molar-refractivity contribution in [3.63, 3.8) is 0 Å². The fourth-order valence-corrected chi connectivity index (χ4v) is 2.55. The zero-order valence-corrected chi connectivity index (χ0v) is 15.3. The first-order valence-corrected chi connectivity index (χ1v) is 8.47. The lowest BCUT2D eigenvalue weighted by atomic mass is 10.1. The van der Waals surface area contributed by atoms with Crippen LogP contribution >= 0.6 is 11.6 Å². The molecule has 0 spiro atoms. The van der Waals surface area contributed by atoms with Gasteiger partial charge in [0.25, 0.3) is 0 Å². The smallest absolute Gasteiger partial charge is 0.337 e. The lowest BCUT2D eigenvalue weighted by molar-refractivity contribution is 0.0697. The molecule has 0 aromatic heterocycles. The maximum atomic E-state index is 11.0. The predicted molar refractivity (Wildman–Crippen MR) is 99.1 cm³/mol. The third kappa shape index (κ3) is 5.29. The van der Waals surface area contributed by atoms with Gasteiger partial charge in [-0.05, 0) is 56.7 Å². The van der Waals surface area contributed by atoms with Gasteiger partial charge in [-0.25, -0.2) is 4.79 Å². The molecule has 0 aliphatic heterocycles. The van der Waals surface area contributed by atoms with E-state index in [0.717, 1.165) is 17.0 Å². The van der Waals surface area contributed by atoms with Gasteiger partial charge in [-0.2, -0.15) is 0 Å². The average molecular weight is 364 g/mol. The zero-order chi connectivity index (χ0) is 18.4. The highest BCUT2D eigenvalue weighted by Gasteiger charge is 2.10. The SMILES string of the molecule is CCOc1cc(CNc2ccc(C(=O)O)c(Cl)c2)ccc1OC(C)C. The molecule has 0 heterocycles. The Labute approximate surface area is 152 Å². The molecule has 0 radical (unpaired) electrons. The predicted octanol–water partition coefficient (Wildman–Crippen LogP) is 4.84. The number of carboxylic acid groups (broad SMARTS) is 1. The van der Waals surface area contributed by atoms with Crippen LogP contribution in [0.2, 0.25) is 5.02 Å². The zero-order valence-electron chi connectivity index (χ0n) is 14.5. The molecule has 0 saturated heterocycles. The van der Waals surface area contributed by atoms with Crippen molar-refractivity contribution in [3.8, 4) is 11.5 Å². The Morgan fingerprint density at radius 3 is 2.56 bits per heavy atom. The Morgan fingerprint density at radius 1 is 1.20 bits per heavy atom. The number of carbonyl (C=O) groups is 1. The molecule has 0 atom stereocenters. The van der Waals surface area contributed by atoms with E-state index in [4.69, 9.17) is 26.2 Å². The Morgan fingerprint density at radius 2 is 1.96 bits per heavy atom. The number of halogens is 1. The molecule has 0 amide bonds. The summed E-state index contributed by atoms with van der Waals surface area (Å²) in [5.41, 5.74) is 1.84. The number of carboxylic acids is 1. The van der Waals surface area contributed by atoms with Crippen LogP contribution in [0.3, 0.4) is 0 Å². The molecule has 2 N–H and O–H groups in total. The topological polar surface area (TPSA) is 67.8 Å². The minimum Gasteiger partial charge on any atom is -0.490 e. The molecule has 134 valence electrons. The molecular formula is C19H22ClNO4. The number of anilines is 1. The van der Waals surface area contributed by atoms with E-state index in [9.17, 15) is 4.79 Å². The minimum absolute atomic E-state index is 0.0677.